The molecule has 0 spiro atoms. The van der Waals surface area contributed by atoms with E-state index in [1.54, 1.807) is 13.0 Å². The topological polar surface area (TPSA) is 49.3 Å². The van der Waals surface area contributed by atoms with Crippen LogP contribution < -0.4 is 5.32 Å². The fourth-order valence-electron chi connectivity index (χ4n) is 1.54. The lowest BCUT2D eigenvalue weighted by Crippen LogP contribution is -2.29. The minimum absolute atomic E-state index is 0.325. The Bertz CT molecular complexity index is 423. The van der Waals surface area contributed by atoms with Crippen LogP contribution in [0.1, 0.15) is 25.3 Å². The van der Waals surface area contributed by atoms with Gasteiger partial charge in [0.2, 0.25) is 0 Å². The van der Waals surface area contributed by atoms with Crippen LogP contribution in [0.25, 0.3) is 0 Å². The van der Waals surface area contributed by atoms with E-state index in [2.05, 4.69) is 21.2 Å². The molecule has 0 amide bonds. The summed E-state index contributed by atoms with van der Waals surface area (Å²) in [7, 11) is 0. The largest absolute Gasteiger partial charge is 0.480 e. The highest BCUT2D eigenvalue weighted by Crippen LogP contribution is 2.25. The number of hydrogen-bond donors (Lipinski definition) is 2. The summed E-state index contributed by atoms with van der Waals surface area (Å²) in [6.45, 7) is 3.66. The molecule has 0 radical (unpaired) electrons. The van der Waals surface area contributed by atoms with Crippen LogP contribution >= 0.6 is 15.9 Å². The van der Waals surface area contributed by atoms with E-state index in [-0.39, 0.29) is 5.82 Å². The molecule has 0 aromatic heterocycles. The molecule has 1 aromatic rings. The van der Waals surface area contributed by atoms with Gasteiger partial charge >= 0.3 is 5.97 Å². The molecule has 0 saturated heterocycles. The van der Waals surface area contributed by atoms with Crippen LogP contribution in [-0.4, -0.2) is 17.1 Å². The van der Waals surface area contributed by atoms with Crippen molar-refractivity contribution in [2.75, 3.05) is 5.32 Å². The highest BCUT2D eigenvalue weighted by molar-refractivity contribution is 9.10. The second-order valence-electron chi connectivity index (χ2n) is 3.91. The number of anilines is 1. The van der Waals surface area contributed by atoms with Crippen molar-refractivity contribution in [3.05, 3.63) is 28.0 Å². The van der Waals surface area contributed by atoms with E-state index in [9.17, 15) is 9.18 Å². The summed E-state index contributed by atoms with van der Waals surface area (Å²) >= 11 is 3.08. The number of rotatable bonds is 5. The molecular weight excluding hydrogens is 289 g/mol. The predicted octanol–water partition coefficient (Wildman–Crippen LogP) is 3.56. The Hall–Kier alpha value is -1.10. The number of carboxylic acids is 1. The lowest BCUT2D eigenvalue weighted by atomic mass is 10.1. The first kappa shape index (κ1) is 14.0. The van der Waals surface area contributed by atoms with E-state index in [0.29, 0.717) is 22.1 Å². The zero-order valence-electron chi connectivity index (χ0n) is 9.76. The van der Waals surface area contributed by atoms with Crippen LogP contribution in [0, 0.1) is 12.7 Å². The number of aliphatic carboxylic acids is 1. The van der Waals surface area contributed by atoms with Crippen LogP contribution in [0.5, 0.6) is 0 Å². The third-order valence-corrected chi connectivity index (χ3v) is 3.08. The number of halogens is 2. The fraction of sp³-hybridized carbons (Fsp3) is 0.417. The molecule has 0 aliphatic heterocycles. The van der Waals surface area contributed by atoms with Crippen molar-refractivity contribution in [1.82, 2.24) is 0 Å². The molecule has 1 rings (SSSR count). The van der Waals surface area contributed by atoms with Crippen molar-refractivity contribution in [3.63, 3.8) is 0 Å². The molecule has 0 aliphatic carbocycles. The molecule has 0 saturated carbocycles. The van der Waals surface area contributed by atoms with Crippen molar-refractivity contribution in [2.24, 2.45) is 0 Å². The van der Waals surface area contributed by atoms with Gasteiger partial charge in [-0.15, -0.1) is 0 Å². The van der Waals surface area contributed by atoms with Crippen LogP contribution in [0.2, 0.25) is 0 Å². The molecule has 2 N–H and O–H groups in total. The summed E-state index contributed by atoms with van der Waals surface area (Å²) in [5.41, 5.74) is 1.33. The molecule has 0 aliphatic rings. The molecule has 0 heterocycles. The summed E-state index contributed by atoms with van der Waals surface area (Å²) in [6, 6.07) is 2.30. The Labute approximate surface area is 108 Å². The summed E-state index contributed by atoms with van der Waals surface area (Å²) in [6.07, 6.45) is 1.30. The number of aryl methyl sites for hydroxylation is 1. The van der Waals surface area contributed by atoms with Gasteiger partial charge in [-0.1, -0.05) is 13.3 Å². The fourth-order valence-corrected chi connectivity index (χ4v) is 1.88. The van der Waals surface area contributed by atoms with Gasteiger partial charge in [0.25, 0.3) is 0 Å². The van der Waals surface area contributed by atoms with Crippen LogP contribution in [0.15, 0.2) is 16.6 Å². The molecular formula is C12H15BrFNO2. The summed E-state index contributed by atoms with van der Waals surface area (Å²) < 4.78 is 13.5. The minimum atomic E-state index is -0.897. The Balaban J connectivity index is 2.93. The third kappa shape index (κ3) is 3.70. The zero-order valence-corrected chi connectivity index (χ0v) is 11.3. The van der Waals surface area contributed by atoms with Gasteiger partial charge in [0.1, 0.15) is 11.9 Å². The maximum atomic E-state index is 13.2. The van der Waals surface area contributed by atoms with Gasteiger partial charge in [-0.2, -0.15) is 0 Å². The molecule has 17 heavy (non-hydrogen) atoms. The molecule has 5 heteroatoms. The number of nitrogens with one attached hydrogen (secondary N) is 1. The maximum absolute atomic E-state index is 13.2. The Kier molecular flexibility index (Phi) is 4.93. The van der Waals surface area contributed by atoms with E-state index >= 15 is 0 Å². The van der Waals surface area contributed by atoms with Crippen LogP contribution in [0.4, 0.5) is 10.1 Å². The molecule has 3 nitrogen and oxygen atoms in total. The average Bonchev–Trinajstić information content (AvgIpc) is 2.24. The molecule has 0 fully saturated rings. The highest BCUT2D eigenvalue weighted by atomic mass is 79.9. The van der Waals surface area contributed by atoms with Crippen LogP contribution in [-0.2, 0) is 4.79 Å². The lowest BCUT2D eigenvalue weighted by molar-refractivity contribution is -0.138. The summed E-state index contributed by atoms with van der Waals surface area (Å²) in [4.78, 5) is 11.0. The quantitative estimate of drug-likeness (QED) is 0.874. The standard InChI is InChI=1S/C12H15BrFNO2/c1-3-4-10(12(16)17)15-11-6-8(13)9(14)5-7(11)2/h5-6,10,15H,3-4H2,1-2H3,(H,16,17). The lowest BCUT2D eigenvalue weighted by Gasteiger charge is -2.17. The van der Waals surface area contributed by atoms with E-state index in [1.807, 2.05) is 6.92 Å². The maximum Gasteiger partial charge on any atom is 0.326 e. The Morgan fingerprint density at radius 2 is 2.24 bits per heavy atom. The summed E-state index contributed by atoms with van der Waals surface area (Å²) in [5, 5.41) is 12.0. The molecule has 0 bridgehead atoms. The normalized spacial score (nSPS) is 12.2. The zero-order chi connectivity index (χ0) is 13.0. The number of benzene rings is 1. The molecule has 1 atom stereocenters. The Morgan fingerprint density at radius 3 is 2.76 bits per heavy atom. The van der Waals surface area contributed by atoms with E-state index in [0.717, 1.165) is 6.42 Å². The average molecular weight is 304 g/mol. The summed E-state index contributed by atoms with van der Waals surface area (Å²) in [5.74, 6) is -1.25. The van der Waals surface area contributed by atoms with Gasteiger partial charge in [-0.25, -0.2) is 9.18 Å². The number of carbonyl (C=O) groups is 1. The molecule has 1 unspecified atom stereocenters. The van der Waals surface area contributed by atoms with Crippen molar-refractivity contribution < 1.29 is 14.3 Å². The van der Waals surface area contributed by atoms with Gasteiger partial charge in [-0.05, 0) is 47.0 Å². The Morgan fingerprint density at radius 1 is 1.59 bits per heavy atom. The minimum Gasteiger partial charge on any atom is -0.480 e. The van der Waals surface area contributed by atoms with Crippen molar-refractivity contribution in [2.45, 2.75) is 32.7 Å². The molecule has 1 aromatic carbocycles. The van der Waals surface area contributed by atoms with Crippen molar-refractivity contribution in [3.8, 4) is 0 Å². The third-order valence-electron chi connectivity index (χ3n) is 2.47. The first-order chi connectivity index (χ1) is 7.95. The van der Waals surface area contributed by atoms with Crippen molar-refractivity contribution in [1.29, 1.82) is 0 Å². The van der Waals surface area contributed by atoms with Gasteiger partial charge in [0.15, 0.2) is 0 Å². The number of carboxylic acid groups (broad SMARTS) is 1. The second-order valence-corrected chi connectivity index (χ2v) is 4.76. The molecule has 94 valence electrons. The van der Waals surface area contributed by atoms with Gasteiger partial charge in [-0.3, -0.25) is 0 Å². The van der Waals surface area contributed by atoms with Crippen molar-refractivity contribution >= 4 is 27.6 Å². The van der Waals surface area contributed by atoms with Gasteiger partial charge in [0, 0.05) is 5.69 Å². The monoisotopic (exact) mass is 303 g/mol. The van der Waals surface area contributed by atoms with Gasteiger partial charge < -0.3 is 10.4 Å². The van der Waals surface area contributed by atoms with Gasteiger partial charge in [0.05, 0.1) is 4.47 Å². The first-order valence-electron chi connectivity index (χ1n) is 5.40. The van der Waals surface area contributed by atoms with E-state index in [4.69, 9.17) is 5.11 Å². The second kappa shape index (κ2) is 6.00. The smallest absolute Gasteiger partial charge is 0.326 e. The van der Waals surface area contributed by atoms with E-state index < -0.39 is 12.0 Å². The number of hydrogen-bond acceptors (Lipinski definition) is 2. The first-order valence-corrected chi connectivity index (χ1v) is 6.20. The van der Waals surface area contributed by atoms with E-state index in [1.165, 1.54) is 6.07 Å². The van der Waals surface area contributed by atoms with Crippen LogP contribution in [0.3, 0.4) is 0 Å². The highest BCUT2D eigenvalue weighted by Gasteiger charge is 2.17. The predicted molar refractivity (Wildman–Crippen MR) is 68.8 cm³/mol. The SMILES string of the molecule is CCCC(Nc1cc(Br)c(F)cc1C)C(=O)O.